The zero-order chi connectivity index (χ0) is 14.4. The maximum absolute atomic E-state index is 11.6. The first-order valence-corrected chi connectivity index (χ1v) is 5.70. The molecule has 0 radical (unpaired) electrons. The van der Waals surface area contributed by atoms with Crippen molar-refractivity contribution in [2.45, 2.75) is 13.8 Å². The third-order valence-corrected chi connectivity index (χ3v) is 2.58. The molecule has 100 valence electrons. The highest BCUT2D eigenvalue weighted by Gasteiger charge is 2.15. The van der Waals surface area contributed by atoms with Crippen LogP contribution in [0.3, 0.4) is 0 Å². The molecule has 0 amide bonds. The van der Waals surface area contributed by atoms with E-state index in [0.29, 0.717) is 11.1 Å². The van der Waals surface area contributed by atoms with Crippen molar-refractivity contribution in [3.05, 3.63) is 29.3 Å². The molecule has 1 N–H and O–H groups in total. The predicted molar refractivity (Wildman–Crippen MR) is 69.5 cm³/mol. The molecule has 0 unspecified atom stereocenters. The molecule has 0 fully saturated rings. The van der Waals surface area contributed by atoms with Gasteiger partial charge in [0.25, 0.3) is 0 Å². The number of nitrogens with zero attached hydrogens (tertiary/aromatic N) is 1. The van der Waals surface area contributed by atoms with E-state index >= 15 is 0 Å². The molecule has 1 aromatic carbocycles. The Morgan fingerprint density at radius 2 is 2.16 bits per heavy atom. The van der Waals surface area contributed by atoms with Crippen molar-refractivity contribution in [2.75, 3.05) is 13.7 Å². The van der Waals surface area contributed by atoms with Crippen LogP contribution >= 0.6 is 0 Å². The number of esters is 1. The third-order valence-electron chi connectivity index (χ3n) is 2.58. The van der Waals surface area contributed by atoms with E-state index in [1.165, 1.54) is 13.2 Å². The monoisotopic (exact) mass is 261 g/mol. The lowest BCUT2D eigenvalue weighted by Gasteiger charge is -2.08. The van der Waals surface area contributed by atoms with Gasteiger partial charge in [-0.05, 0) is 37.1 Å². The molecule has 0 aliphatic carbocycles. The summed E-state index contributed by atoms with van der Waals surface area (Å²) >= 11 is 0. The van der Waals surface area contributed by atoms with Crippen LogP contribution in [0.25, 0.3) is 5.57 Å². The van der Waals surface area contributed by atoms with Crippen LogP contribution in [-0.4, -0.2) is 24.8 Å². The van der Waals surface area contributed by atoms with E-state index in [9.17, 15) is 9.90 Å². The summed E-state index contributed by atoms with van der Waals surface area (Å²) in [5.74, 6) is -0.388. The Kier molecular flexibility index (Phi) is 4.95. The molecule has 0 aromatic heterocycles. The van der Waals surface area contributed by atoms with E-state index in [-0.39, 0.29) is 23.7 Å². The lowest BCUT2D eigenvalue weighted by Crippen LogP contribution is -2.08. The van der Waals surface area contributed by atoms with Gasteiger partial charge < -0.3 is 14.6 Å². The molecular formula is C14H15NO4. The smallest absolute Gasteiger partial charge is 0.349 e. The van der Waals surface area contributed by atoms with Crippen molar-refractivity contribution in [2.24, 2.45) is 0 Å². The second-order valence-electron chi connectivity index (χ2n) is 3.72. The zero-order valence-corrected chi connectivity index (χ0v) is 11.1. The van der Waals surface area contributed by atoms with Crippen LogP contribution in [0.4, 0.5) is 0 Å². The molecule has 0 aliphatic rings. The summed E-state index contributed by atoms with van der Waals surface area (Å²) in [5.41, 5.74) is 1.02. The molecule has 19 heavy (non-hydrogen) atoms. The minimum atomic E-state index is -0.658. The Labute approximate surface area is 111 Å². The van der Waals surface area contributed by atoms with Crippen molar-refractivity contribution < 1.29 is 19.4 Å². The van der Waals surface area contributed by atoms with Gasteiger partial charge in [0, 0.05) is 0 Å². The fourth-order valence-corrected chi connectivity index (χ4v) is 1.54. The average molecular weight is 261 g/mol. The Hall–Kier alpha value is -2.48. The quantitative estimate of drug-likeness (QED) is 0.511. The van der Waals surface area contributed by atoms with Gasteiger partial charge in [0.2, 0.25) is 0 Å². The number of hydrogen-bond acceptors (Lipinski definition) is 5. The fourth-order valence-electron chi connectivity index (χ4n) is 1.54. The fraction of sp³-hybridized carbons (Fsp3) is 0.286. The second kappa shape index (κ2) is 6.45. The van der Waals surface area contributed by atoms with Crippen molar-refractivity contribution in [3.8, 4) is 17.6 Å². The molecule has 0 spiro atoms. The summed E-state index contributed by atoms with van der Waals surface area (Å²) in [7, 11) is 1.43. The number of nitriles is 1. The molecule has 0 aliphatic heterocycles. The highest BCUT2D eigenvalue weighted by molar-refractivity contribution is 6.01. The summed E-state index contributed by atoms with van der Waals surface area (Å²) in [6.07, 6.45) is 0. The highest BCUT2D eigenvalue weighted by atomic mass is 16.5. The number of benzene rings is 1. The normalized spacial score (nSPS) is 11.3. The van der Waals surface area contributed by atoms with Crippen molar-refractivity contribution >= 4 is 11.5 Å². The van der Waals surface area contributed by atoms with Gasteiger partial charge >= 0.3 is 5.97 Å². The summed E-state index contributed by atoms with van der Waals surface area (Å²) in [6.45, 7) is 3.52. The Morgan fingerprint density at radius 1 is 1.47 bits per heavy atom. The maximum Gasteiger partial charge on any atom is 0.349 e. The Morgan fingerprint density at radius 3 is 2.68 bits per heavy atom. The van der Waals surface area contributed by atoms with Crippen LogP contribution < -0.4 is 4.74 Å². The van der Waals surface area contributed by atoms with Gasteiger partial charge in [-0.15, -0.1) is 0 Å². The summed E-state index contributed by atoms with van der Waals surface area (Å²) < 4.78 is 9.80. The van der Waals surface area contributed by atoms with Crippen LogP contribution in [0.2, 0.25) is 0 Å². The second-order valence-corrected chi connectivity index (χ2v) is 3.72. The predicted octanol–water partition coefficient (Wildman–Crippen LogP) is 2.26. The highest BCUT2D eigenvalue weighted by Crippen LogP contribution is 2.30. The van der Waals surface area contributed by atoms with E-state index in [0.717, 1.165) is 0 Å². The van der Waals surface area contributed by atoms with E-state index in [4.69, 9.17) is 14.7 Å². The van der Waals surface area contributed by atoms with Gasteiger partial charge in [-0.1, -0.05) is 6.07 Å². The first kappa shape index (κ1) is 14.6. The minimum Gasteiger partial charge on any atom is -0.504 e. The summed E-state index contributed by atoms with van der Waals surface area (Å²) in [5, 5.41) is 18.6. The van der Waals surface area contributed by atoms with Crippen LogP contribution in [0, 0.1) is 11.3 Å². The lowest BCUT2D eigenvalue weighted by molar-refractivity contribution is -0.137. The van der Waals surface area contributed by atoms with E-state index in [1.807, 2.05) is 6.07 Å². The van der Waals surface area contributed by atoms with E-state index in [1.54, 1.807) is 26.0 Å². The standard InChI is InChI=1S/C14H15NO4/c1-4-19-14(17)11(8-15)9(2)10-5-6-12(16)13(7-10)18-3/h5-7,16H,4H2,1-3H3. The number of phenolic OH excluding ortho intramolecular Hbond substituents is 1. The number of carbonyl (C=O) groups is 1. The molecule has 1 aromatic rings. The third kappa shape index (κ3) is 3.26. The largest absolute Gasteiger partial charge is 0.504 e. The van der Waals surface area contributed by atoms with Gasteiger partial charge in [0.1, 0.15) is 11.6 Å². The number of ether oxygens (including phenoxy) is 2. The number of allylic oxidation sites excluding steroid dienone is 1. The lowest BCUT2D eigenvalue weighted by atomic mass is 10.0. The molecular weight excluding hydrogens is 246 g/mol. The molecule has 0 saturated heterocycles. The number of carbonyl (C=O) groups excluding carboxylic acids is 1. The maximum atomic E-state index is 11.6. The molecule has 1 rings (SSSR count). The van der Waals surface area contributed by atoms with Crippen LogP contribution in [0.15, 0.2) is 23.8 Å². The molecule has 0 saturated carbocycles. The first-order chi connectivity index (χ1) is 9.04. The van der Waals surface area contributed by atoms with Crippen LogP contribution in [-0.2, 0) is 9.53 Å². The SMILES string of the molecule is CCOC(=O)C(C#N)=C(C)c1ccc(O)c(OC)c1. The number of hydrogen-bond donors (Lipinski definition) is 1. The number of rotatable bonds is 4. The molecule has 0 bridgehead atoms. The minimum absolute atomic E-state index is 0.00584. The van der Waals surface area contributed by atoms with Gasteiger partial charge in [-0.25, -0.2) is 4.79 Å². The van der Waals surface area contributed by atoms with Gasteiger partial charge in [-0.2, -0.15) is 5.26 Å². The first-order valence-electron chi connectivity index (χ1n) is 5.70. The van der Waals surface area contributed by atoms with Crippen molar-refractivity contribution in [3.63, 3.8) is 0 Å². The van der Waals surface area contributed by atoms with E-state index in [2.05, 4.69) is 0 Å². The zero-order valence-electron chi connectivity index (χ0n) is 11.1. The summed E-state index contributed by atoms with van der Waals surface area (Å²) in [6, 6.07) is 6.44. The van der Waals surface area contributed by atoms with Crippen molar-refractivity contribution in [1.82, 2.24) is 0 Å². The number of methoxy groups -OCH3 is 1. The summed E-state index contributed by atoms with van der Waals surface area (Å²) in [4.78, 5) is 11.6. The van der Waals surface area contributed by atoms with Crippen molar-refractivity contribution in [1.29, 1.82) is 5.26 Å². The Bertz CT molecular complexity index is 555. The van der Waals surface area contributed by atoms with Gasteiger partial charge in [0.15, 0.2) is 11.5 Å². The van der Waals surface area contributed by atoms with Crippen LogP contribution in [0.1, 0.15) is 19.4 Å². The topological polar surface area (TPSA) is 79.6 Å². The molecule has 0 atom stereocenters. The average Bonchev–Trinajstić information content (AvgIpc) is 2.40. The molecule has 5 heteroatoms. The van der Waals surface area contributed by atoms with E-state index < -0.39 is 5.97 Å². The molecule has 0 heterocycles. The van der Waals surface area contributed by atoms with Gasteiger partial charge in [-0.3, -0.25) is 0 Å². The van der Waals surface area contributed by atoms with Crippen LogP contribution in [0.5, 0.6) is 11.5 Å². The number of phenols is 1. The number of aromatic hydroxyl groups is 1. The molecule has 5 nitrogen and oxygen atoms in total. The Balaban J connectivity index is 3.26. The van der Waals surface area contributed by atoms with Gasteiger partial charge in [0.05, 0.1) is 13.7 Å².